The van der Waals surface area contributed by atoms with Gasteiger partial charge in [0.25, 0.3) is 0 Å². The number of imidazole rings is 1. The fourth-order valence-corrected chi connectivity index (χ4v) is 2.46. The molecule has 0 bridgehead atoms. The van der Waals surface area contributed by atoms with E-state index in [0.29, 0.717) is 5.82 Å². The lowest BCUT2D eigenvalue weighted by Gasteiger charge is -2.20. The summed E-state index contributed by atoms with van der Waals surface area (Å²) in [5, 5.41) is 2.92. The van der Waals surface area contributed by atoms with Crippen LogP contribution in [0, 0.1) is 12.8 Å². The van der Waals surface area contributed by atoms with Gasteiger partial charge < -0.3 is 10.3 Å². The Labute approximate surface area is 111 Å². The minimum absolute atomic E-state index is 0.00523. The summed E-state index contributed by atoms with van der Waals surface area (Å²) >= 11 is 0. The number of pyridine rings is 1. The normalized spacial score (nSPS) is 17.8. The van der Waals surface area contributed by atoms with Crippen LogP contribution >= 0.6 is 0 Å². The Balaban J connectivity index is 1.71. The fraction of sp³-hybridized carbons (Fsp3) is 0.357. The summed E-state index contributed by atoms with van der Waals surface area (Å²) in [5.74, 6) is 0.694. The number of nitrogens with zero attached hydrogens (tertiary/aromatic N) is 2. The average molecular weight is 256 g/mol. The van der Waals surface area contributed by atoms with Crippen LogP contribution in [0.5, 0.6) is 0 Å². The first-order valence-corrected chi connectivity index (χ1v) is 6.47. The van der Waals surface area contributed by atoms with Gasteiger partial charge >= 0.3 is 0 Å². The zero-order valence-corrected chi connectivity index (χ0v) is 10.8. The van der Waals surface area contributed by atoms with E-state index < -0.39 is 0 Å². The second kappa shape index (κ2) is 4.84. The predicted octanol–water partition coefficient (Wildman–Crippen LogP) is 1.86. The van der Waals surface area contributed by atoms with Gasteiger partial charge in [0.15, 0.2) is 0 Å². The van der Waals surface area contributed by atoms with Crippen molar-refractivity contribution < 1.29 is 4.79 Å². The third-order valence-electron chi connectivity index (χ3n) is 3.61. The molecule has 0 fully saturated rings. The second-order valence-corrected chi connectivity index (χ2v) is 4.93. The number of aryl methyl sites for hydroxylation is 2. The Hall–Kier alpha value is -2.17. The van der Waals surface area contributed by atoms with Gasteiger partial charge in [-0.25, -0.2) is 9.97 Å². The number of amides is 1. The molecule has 2 aromatic heterocycles. The molecule has 0 saturated heterocycles. The fourth-order valence-electron chi connectivity index (χ4n) is 2.46. The van der Waals surface area contributed by atoms with E-state index in [-0.39, 0.29) is 11.8 Å². The Morgan fingerprint density at radius 1 is 1.47 bits per heavy atom. The van der Waals surface area contributed by atoms with Crippen molar-refractivity contribution >= 4 is 11.7 Å². The smallest absolute Gasteiger partial charge is 0.229 e. The van der Waals surface area contributed by atoms with Crippen LogP contribution in [0.3, 0.4) is 0 Å². The average Bonchev–Trinajstić information content (AvgIpc) is 2.88. The molecule has 0 aliphatic heterocycles. The Morgan fingerprint density at radius 3 is 3.21 bits per heavy atom. The molecule has 5 heteroatoms. The first-order valence-electron chi connectivity index (χ1n) is 6.47. The van der Waals surface area contributed by atoms with Gasteiger partial charge in [-0.05, 0) is 31.4 Å². The van der Waals surface area contributed by atoms with Gasteiger partial charge in [-0.2, -0.15) is 0 Å². The molecular weight excluding hydrogens is 240 g/mol. The van der Waals surface area contributed by atoms with Crippen LogP contribution in [0.1, 0.15) is 23.4 Å². The molecule has 2 N–H and O–H groups in total. The van der Waals surface area contributed by atoms with Crippen LogP contribution in [-0.4, -0.2) is 20.9 Å². The van der Waals surface area contributed by atoms with E-state index in [2.05, 4.69) is 20.3 Å². The van der Waals surface area contributed by atoms with Crippen molar-refractivity contribution in [3.05, 3.63) is 41.6 Å². The quantitative estimate of drug-likeness (QED) is 0.861. The molecule has 98 valence electrons. The number of hydrogen-bond acceptors (Lipinski definition) is 3. The standard InChI is InChI=1S/C14H16N4O/c1-9-3-2-6-15-13(9)18-14(19)10-4-5-11-12(7-10)17-8-16-11/h2-3,6,8,10H,4-5,7H2,1H3,(H,16,17)(H,15,18,19)/t10-/m0/s1. The zero-order valence-electron chi connectivity index (χ0n) is 10.8. The van der Waals surface area contributed by atoms with E-state index in [1.807, 2.05) is 19.1 Å². The highest BCUT2D eigenvalue weighted by atomic mass is 16.1. The summed E-state index contributed by atoms with van der Waals surface area (Å²) < 4.78 is 0. The van der Waals surface area contributed by atoms with Crippen LogP contribution in [-0.2, 0) is 17.6 Å². The number of anilines is 1. The van der Waals surface area contributed by atoms with Crippen molar-refractivity contribution in [2.45, 2.75) is 26.2 Å². The summed E-state index contributed by atoms with van der Waals surface area (Å²) in [6.07, 6.45) is 5.82. The third-order valence-corrected chi connectivity index (χ3v) is 3.61. The molecular formula is C14H16N4O. The van der Waals surface area contributed by atoms with Gasteiger partial charge in [-0.1, -0.05) is 6.07 Å². The van der Waals surface area contributed by atoms with Crippen LogP contribution in [0.25, 0.3) is 0 Å². The zero-order chi connectivity index (χ0) is 13.2. The second-order valence-electron chi connectivity index (χ2n) is 4.93. The molecule has 1 amide bonds. The highest BCUT2D eigenvalue weighted by Gasteiger charge is 2.26. The first kappa shape index (κ1) is 11.9. The lowest BCUT2D eigenvalue weighted by Crippen LogP contribution is -2.28. The van der Waals surface area contributed by atoms with Crippen LogP contribution in [0.15, 0.2) is 24.7 Å². The van der Waals surface area contributed by atoms with Crippen LogP contribution in [0.4, 0.5) is 5.82 Å². The van der Waals surface area contributed by atoms with Crippen LogP contribution in [0.2, 0.25) is 0 Å². The Bertz CT molecular complexity index is 605. The molecule has 0 saturated carbocycles. The number of H-pyrrole nitrogens is 1. The molecule has 2 aromatic rings. The molecule has 3 rings (SSSR count). The molecule has 0 spiro atoms. The van der Waals surface area contributed by atoms with Gasteiger partial charge in [-0.15, -0.1) is 0 Å². The van der Waals surface area contributed by atoms with Crippen LogP contribution < -0.4 is 5.32 Å². The van der Waals surface area contributed by atoms with Gasteiger partial charge in [0.1, 0.15) is 5.82 Å². The third kappa shape index (κ3) is 2.36. The highest BCUT2D eigenvalue weighted by Crippen LogP contribution is 2.24. The van der Waals surface area contributed by atoms with E-state index >= 15 is 0 Å². The summed E-state index contributed by atoms with van der Waals surface area (Å²) in [7, 11) is 0. The van der Waals surface area contributed by atoms with E-state index in [0.717, 1.165) is 36.2 Å². The summed E-state index contributed by atoms with van der Waals surface area (Å²) in [6.45, 7) is 1.94. The number of aromatic amines is 1. The number of hydrogen-bond donors (Lipinski definition) is 2. The van der Waals surface area contributed by atoms with Gasteiger partial charge in [0.2, 0.25) is 5.91 Å². The maximum atomic E-state index is 12.3. The van der Waals surface area contributed by atoms with Crippen molar-refractivity contribution in [1.29, 1.82) is 0 Å². The summed E-state index contributed by atoms with van der Waals surface area (Å²) in [6, 6.07) is 3.80. The van der Waals surface area contributed by atoms with Crippen molar-refractivity contribution in [2.75, 3.05) is 5.32 Å². The number of carbonyl (C=O) groups excluding carboxylic acids is 1. The van der Waals surface area contributed by atoms with Gasteiger partial charge in [-0.3, -0.25) is 4.79 Å². The summed E-state index contributed by atoms with van der Waals surface area (Å²) in [4.78, 5) is 23.8. The Morgan fingerprint density at radius 2 is 2.37 bits per heavy atom. The number of carbonyl (C=O) groups is 1. The molecule has 0 unspecified atom stereocenters. The van der Waals surface area contributed by atoms with Crippen molar-refractivity contribution in [3.8, 4) is 0 Å². The maximum absolute atomic E-state index is 12.3. The molecule has 5 nitrogen and oxygen atoms in total. The monoisotopic (exact) mass is 256 g/mol. The largest absolute Gasteiger partial charge is 0.348 e. The van der Waals surface area contributed by atoms with E-state index in [1.165, 1.54) is 0 Å². The minimum Gasteiger partial charge on any atom is -0.348 e. The molecule has 1 atom stereocenters. The highest BCUT2D eigenvalue weighted by molar-refractivity contribution is 5.92. The predicted molar refractivity (Wildman–Crippen MR) is 71.7 cm³/mol. The molecule has 2 heterocycles. The minimum atomic E-state index is -0.00523. The maximum Gasteiger partial charge on any atom is 0.229 e. The number of rotatable bonds is 2. The number of fused-ring (bicyclic) bond motifs is 1. The first-order chi connectivity index (χ1) is 9.24. The lowest BCUT2D eigenvalue weighted by atomic mass is 9.89. The molecule has 1 aliphatic carbocycles. The van der Waals surface area contributed by atoms with Crippen molar-refractivity contribution in [1.82, 2.24) is 15.0 Å². The number of nitrogens with one attached hydrogen (secondary N) is 2. The molecule has 19 heavy (non-hydrogen) atoms. The topological polar surface area (TPSA) is 70.7 Å². The van der Waals surface area contributed by atoms with Gasteiger partial charge in [0.05, 0.1) is 12.0 Å². The Kier molecular flexibility index (Phi) is 3.03. The molecule has 0 radical (unpaired) electrons. The van der Waals surface area contributed by atoms with E-state index in [1.54, 1.807) is 12.5 Å². The SMILES string of the molecule is Cc1cccnc1NC(=O)[C@H]1CCc2nc[nH]c2C1. The van der Waals surface area contributed by atoms with Gasteiger partial charge in [0, 0.05) is 24.2 Å². The number of aromatic nitrogens is 3. The van der Waals surface area contributed by atoms with E-state index in [9.17, 15) is 4.79 Å². The van der Waals surface area contributed by atoms with E-state index in [4.69, 9.17) is 0 Å². The summed E-state index contributed by atoms with van der Waals surface area (Å²) in [5.41, 5.74) is 3.16. The lowest BCUT2D eigenvalue weighted by molar-refractivity contribution is -0.120. The van der Waals surface area contributed by atoms with Crippen molar-refractivity contribution in [3.63, 3.8) is 0 Å². The molecule has 0 aromatic carbocycles. The molecule has 1 aliphatic rings. The van der Waals surface area contributed by atoms with Crippen molar-refractivity contribution in [2.24, 2.45) is 5.92 Å².